The Morgan fingerprint density at radius 1 is 1.03 bits per heavy atom. The van der Waals surface area contributed by atoms with E-state index in [1.807, 2.05) is 4.90 Å². The summed E-state index contributed by atoms with van der Waals surface area (Å²) in [6, 6.07) is 11.2. The highest BCUT2D eigenvalue weighted by Gasteiger charge is 2.39. The number of nitrogens with zero attached hydrogens (tertiary/aromatic N) is 2. The van der Waals surface area contributed by atoms with E-state index < -0.39 is 11.8 Å². The second kappa shape index (κ2) is 9.14. The number of piperidine rings is 1. The Bertz CT molecular complexity index is 1150. The standard InChI is InChI=1S/C23H20Cl3N3O3/c1-13-4-3-9-28(12-13)21(30)14-5-2-6-15(10-14)27-20-19(26)22(31)29(23(20)32)16-7-8-17(24)18(25)11-16/h2,5-8,10-11,13,27H,3-4,9,12H2,1H3. The molecule has 1 fully saturated rings. The fourth-order valence-electron chi connectivity index (χ4n) is 3.90. The lowest BCUT2D eigenvalue weighted by Gasteiger charge is -2.31. The predicted molar refractivity (Wildman–Crippen MR) is 126 cm³/mol. The van der Waals surface area contributed by atoms with Gasteiger partial charge in [0.1, 0.15) is 10.7 Å². The minimum atomic E-state index is -0.674. The second-order valence-electron chi connectivity index (χ2n) is 7.94. The van der Waals surface area contributed by atoms with Crippen molar-refractivity contribution in [2.45, 2.75) is 19.8 Å². The third-order valence-corrected chi connectivity index (χ3v) is 6.60. The Morgan fingerprint density at radius 2 is 1.81 bits per heavy atom. The summed E-state index contributed by atoms with van der Waals surface area (Å²) in [5.41, 5.74) is 1.16. The molecule has 6 nitrogen and oxygen atoms in total. The maximum Gasteiger partial charge on any atom is 0.283 e. The van der Waals surface area contributed by atoms with E-state index in [9.17, 15) is 14.4 Å². The summed E-state index contributed by atoms with van der Waals surface area (Å²) in [7, 11) is 0. The third kappa shape index (κ3) is 4.35. The van der Waals surface area contributed by atoms with Crippen molar-refractivity contribution in [3.8, 4) is 0 Å². The number of anilines is 2. The van der Waals surface area contributed by atoms with Gasteiger partial charge in [0.15, 0.2) is 0 Å². The molecule has 0 bridgehead atoms. The van der Waals surface area contributed by atoms with Gasteiger partial charge >= 0.3 is 0 Å². The van der Waals surface area contributed by atoms with Gasteiger partial charge < -0.3 is 10.2 Å². The van der Waals surface area contributed by atoms with Crippen molar-refractivity contribution in [3.05, 3.63) is 68.8 Å². The first kappa shape index (κ1) is 22.6. The number of hydrogen-bond donors (Lipinski definition) is 1. The quantitative estimate of drug-likeness (QED) is 0.588. The van der Waals surface area contributed by atoms with Gasteiger partial charge in [-0.3, -0.25) is 14.4 Å². The Hall–Kier alpha value is -2.54. The van der Waals surface area contributed by atoms with Crippen LogP contribution in [0.4, 0.5) is 11.4 Å². The molecule has 32 heavy (non-hydrogen) atoms. The Morgan fingerprint density at radius 3 is 2.53 bits per heavy atom. The topological polar surface area (TPSA) is 69.7 Å². The number of hydrogen-bond acceptors (Lipinski definition) is 4. The van der Waals surface area contributed by atoms with Gasteiger partial charge in [-0.15, -0.1) is 0 Å². The number of rotatable bonds is 4. The van der Waals surface area contributed by atoms with Crippen LogP contribution < -0.4 is 10.2 Å². The van der Waals surface area contributed by atoms with E-state index in [0.29, 0.717) is 22.2 Å². The smallest absolute Gasteiger partial charge is 0.283 e. The van der Waals surface area contributed by atoms with E-state index in [1.165, 1.54) is 18.2 Å². The summed E-state index contributed by atoms with van der Waals surface area (Å²) < 4.78 is 0. The van der Waals surface area contributed by atoms with E-state index >= 15 is 0 Å². The van der Waals surface area contributed by atoms with Crippen LogP contribution in [0.2, 0.25) is 10.0 Å². The van der Waals surface area contributed by atoms with Gasteiger partial charge in [0.05, 0.1) is 15.7 Å². The predicted octanol–water partition coefficient (Wildman–Crippen LogP) is 5.30. The van der Waals surface area contributed by atoms with E-state index in [-0.39, 0.29) is 27.3 Å². The highest BCUT2D eigenvalue weighted by atomic mass is 35.5. The molecule has 0 radical (unpaired) electrons. The molecule has 0 aromatic heterocycles. The molecular formula is C23H20Cl3N3O3. The van der Waals surface area contributed by atoms with Gasteiger partial charge in [-0.1, -0.05) is 47.8 Å². The van der Waals surface area contributed by atoms with E-state index in [1.54, 1.807) is 24.3 Å². The number of benzene rings is 2. The first-order valence-corrected chi connectivity index (χ1v) is 11.3. The van der Waals surface area contributed by atoms with Gasteiger partial charge in [-0.2, -0.15) is 0 Å². The molecule has 2 aromatic carbocycles. The molecule has 1 N–H and O–H groups in total. The Balaban J connectivity index is 1.55. The lowest BCUT2D eigenvalue weighted by molar-refractivity contribution is -0.120. The van der Waals surface area contributed by atoms with Gasteiger partial charge in [-0.05, 0) is 55.2 Å². The first-order chi connectivity index (χ1) is 15.3. The van der Waals surface area contributed by atoms with Crippen molar-refractivity contribution in [1.29, 1.82) is 0 Å². The zero-order valence-corrected chi connectivity index (χ0v) is 19.5. The molecule has 2 heterocycles. The third-order valence-electron chi connectivity index (χ3n) is 5.51. The highest BCUT2D eigenvalue weighted by Crippen LogP contribution is 2.33. The van der Waals surface area contributed by atoms with Crippen molar-refractivity contribution in [3.63, 3.8) is 0 Å². The minimum absolute atomic E-state index is 0.0634. The lowest BCUT2D eigenvalue weighted by atomic mass is 9.99. The molecule has 1 atom stereocenters. The van der Waals surface area contributed by atoms with Gasteiger partial charge in [0.25, 0.3) is 17.7 Å². The summed E-state index contributed by atoms with van der Waals surface area (Å²) in [4.78, 5) is 41.3. The first-order valence-electron chi connectivity index (χ1n) is 10.2. The SMILES string of the molecule is CC1CCCN(C(=O)c2cccc(NC3=C(Cl)C(=O)N(c4ccc(Cl)c(Cl)c4)C3=O)c2)C1. The summed E-state index contributed by atoms with van der Waals surface area (Å²) in [6.07, 6.45) is 2.10. The minimum Gasteiger partial charge on any atom is -0.350 e. The van der Waals surface area contributed by atoms with Gasteiger partial charge in [0, 0.05) is 24.3 Å². The molecule has 0 spiro atoms. The Kier molecular flexibility index (Phi) is 6.47. The number of carbonyl (C=O) groups excluding carboxylic acids is 3. The number of amides is 3. The number of halogens is 3. The van der Waals surface area contributed by atoms with E-state index in [2.05, 4.69) is 12.2 Å². The van der Waals surface area contributed by atoms with Crippen molar-refractivity contribution >= 4 is 63.9 Å². The second-order valence-corrected chi connectivity index (χ2v) is 9.13. The molecule has 166 valence electrons. The van der Waals surface area contributed by atoms with Crippen molar-refractivity contribution in [2.75, 3.05) is 23.3 Å². The number of likely N-dealkylation sites (tertiary alicyclic amines) is 1. The summed E-state index contributed by atoms with van der Waals surface area (Å²) in [5.74, 6) is -0.897. The van der Waals surface area contributed by atoms with Gasteiger partial charge in [-0.25, -0.2) is 4.90 Å². The lowest BCUT2D eigenvalue weighted by Crippen LogP contribution is -2.39. The maximum atomic E-state index is 13.0. The van der Waals surface area contributed by atoms with Crippen LogP contribution in [0, 0.1) is 5.92 Å². The monoisotopic (exact) mass is 491 g/mol. The summed E-state index contributed by atoms with van der Waals surface area (Å²) in [6.45, 7) is 3.58. The molecule has 4 rings (SSSR count). The zero-order chi connectivity index (χ0) is 23.0. The Labute approximate surface area is 200 Å². The van der Waals surface area contributed by atoms with Crippen LogP contribution >= 0.6 is 34.8 Å². The molecule has 2 aromatic rings. The number of carbonyl (C=O) groups is 3. The summed E-state index contributed by atoms with van der Waals surface area (Å²) >= 11 is 18.2. The molecule has 3 amide bonds. The van der Waals surface area contributed by atoms with Crippen LogP contribution in [0.5, 0.6) is 0 Å². The number of nitrogens with one attached hydrogen (secondary N) is 1. The fourth-order valence-corrected chi connectivity index (χ4v) is 4.41. The van der Waals surface area contributed by atoms with Crippen LogP contribution in [0.3, 0.4) is 0 Å². The maximum absolute atomic E-state index is 13.0. The molecule has 9 heteroatoms. The molecule has 2 aliphatic heterocycles. The average molecular weight is 493 g/mol. The normalized spacial score (nSPS) is 19.1. The van der Waals surface area contributed by atoms with Crippen LogP contribution in [-0.4, -0.2) is 35.7 Å². The highest BCUT2D eigenvalue weighted by molar-refractivity contribution is 6.53. The van der Waals surface area contributed by atoms with Crippen LogP contribution in [-0.2, 0) is 9.59 Å². The van der Waals surface area contributed by atoms with Crippen LogP contribution in [0.1, 0.15) is 30.1 Å². The number of imide groups is 1. The van der Waals surface area contributed by atoms with E-state index in [4.69, 9.17) is 34.8 Å². The van der Waals surface area contributed by atoms with Crippen LogP contribution in [0.15, 0.2) is 53.2 Å². The average Bonchev–Trinajstić information content (AvgIpc) is 2.98. The molecule has 2 aliphatic rings. The summed E-state index contributed by atoms with van der Waals surface area (Å²) in [5, 5.41) is 3.17. The van der Waals surface area contributed by atoms with Crippen LogP contribution in [0.25, 0.3) is 0 Å². The largest absolute Gasteiger partial charge is 0.350 e. The van der Waals surface area contributed by atoms with Gasteiger partial charge in [0.2, 0.25) is 0 Å². The van der Waals surface area contributed by atoms with Crippen molar-refractivity contribution in [2.24, 2.45) is 5.92 Å². The molecule has 1 saturated heterocycles. The van der Waals surface area contributed by atoms with E-state index in [0.717, 1.165) is 30.8 Å². The molecular weight excluding hydrogens is 473 g/mol. The van der Waals surface area contributed by atoms with Crippen molar-refractivity contribution in [1.82, 2.24) is 4.90 Å². The van der Waals surface area contributed by atoms with Crippen molar-refractivity contribution < 1.29 is 14.4 Å². The molecule has 0 saturated carbocycles. The fraction of sp³-hybridized carbons (Fsp3) is 0.261. The zero-order valence-electron chi connectivity index (χ0n) is 17.2. The molecule has 1 unspecified atom stereocenters. The molecule has 0 aliphatic carbocycles.